The van der Waals surface area contributed by atoms with E-state index in [9.17, 15) is 24.3 Å². The average Bonchev–Trinajstić information content (AvgIpc) is 3.35. The molecule has 2 aliphatic rings. The minimum absolute atomic E-state index is 0.0942. The Labute approximate surface area is 231 Å². The molecule has 0 radical (unpaired) electrons. The minimum atomic E-state index is -0.826. The Morgan fingerprint density at radius 2 is 1.72 bits per heavy atom. The van der Waals surface area contributed by atoms with E-state index in [1.165, 1.54) is 0 Å². The number of piperidine rings is 1. The summed E-state index contributed by atoms with van der Waals surface area (Å²) in [5.74, 6) is -1.11. The smallest absolute Gasteiger partial charge is 0.344 e. The number of hydrogen-bond acceptors (Lipinski definition) is 7. The predicted molar refractivity (Wildman–Crippen MR) is 145 cm³/mol. The van der Waals surface area contributed by atoms with Gasteiger partial charge in [-0.1, -0.05) is 26.0 Å². The molecule has 2 saturated heterocycles. The molecule has 2 atom stereocenters. The summed E-state index contributed by atoms with van der Waals surface area (Å²) >= 11 is 0. The van der Waals surface area contributed by atoms with Gasteiger partial charge >= 0.3 is 5.97 Å². The Morgan fingerprint density at radius 3 is 2.36 bits per heavy atom. The van der Waals surface area contributed by atoms with Crippen molar-refractivity contribution in [1.82, 2.24) is 15.1 Å². The molecule has 3 amide bonds. The molecule has 2 aliphatic heterocycles. The molecule has 0 saturated carbocycles. The van der Waals surface area contributed by atoms with E-state index in [2.05, 4.69) is 5.32 Å². The van der Waals surface area contributed by atoms with Crippen molar-refractivity contribution >= 4 is 23.7 Å². The number of rotatable bonds is 9. The van der Waals surface area contributed by atoms with Gasteiger partial charge in [-0.2, -0.15) is 0 Å². The normalized spacial score (nSPS) is 19.1. The van der Waals surface area contributed by atoms with Gasteiger partial charge in [-0.3, -0.25) is 14.4 Å². The number of amides is 3. The number of esters is 1. The van der Waals surface area contributed by atoms with Gasteiger partial charge in [0, 0.05) is 19.6 Å². The van der Waals surface area contributed by atoms with Gasteiger partial charge in [-0.05, 0) is 70.9 Å². The number of benzene rings is 1. The molecule has 0 unspecified atom stereocenters. The fourth-order valence-corrected chi connectivity index (χ4v) is 5.00. The highest BCUT2D eigenvalue weighted by Crippen LogP contribution is 2.25. The van der Waals surface area contributed by atoms with Gasteiger partial charge in [0.1, 0.15) is 23.4 Å². The van der Waals surface area contributed by atoms with Gasteiger partial charge in [-0.15, -0.1) is 0 Å². The zero-order chi connectivity index (χ0) is 28.7. The second-order valence-electron chi connectivity index (χ2n) is 11.8. The highest BCUT2D eigenvalue weighted by Gasteiger charge is 2.40. The van der Waals surface area contributed by atoms with E-state index >= 15 is 0 Å². The molecule has 0 spiro atoms. The minimum Gasteiger partial charge on any atom is -0.481 e. The second kappa shape index (κ2) is 13.3. The summed E-state index contributed by atoms with van der Waals surface area (Å²) < 4.78 is 10.9. The Bertz CT molecular complexity index is 1030. The third-order valence-corrected chi connectivity index (χ3v) is 6.80. The standard InChI is InChI=1S/C29H43N3O7/c1-19(2)17-22(27(36)32-14-8-10-23(32)28(37)31-15-12-20(33)13-16-31)30-26(35)21-9-6-7-11-24(21)38-18-25(34)39-29(3,4)5/h6-7,9,11,19-20,22-23,33H,8,10,12-18H2,1-5H3,(H,30,35)/t22-,23-/m1/s1. The second-order valence-corrected chi connectivity index (χ2v) is 11.8. The van der Waals surface area contributed by atoms with Gasteiger partial charge < -0.3 is 29.7 Å². The maximum atomic E-state index is 13.7. The number of para-hydroxylation sites is 1. The van der Waals surface area contributed by atoms with Crippen LogP contribution in [-0.2, 0) is 19.1 Å². The van der Waals surface area contributed by atoms with Crippen molar-refractivity contribution in [2.24, 2.45) is 5.92 Å². The first-order valence-corrected chi connectivity index (χ1v) is 13.9. The third-order valence-electron chi connectivity index (χ3n) is 6.80. The van der Waals surface area contributed by atoms with Crippen molar-refractivity contribution in [3.8, 4) is 5.75 Å². The topological polar surface area (TPSA) is 125 Å². The van der Waals surface area contributed by atoms with Crippen molar-refractivity contribution in [2.75, 3.05) is 26.2 Å². The van der Waals surface area contributed by atoms with Gasteiger partial charge in [0.05, 0.1) is 11.7 Å². The molecule has 3 rings (SSSR count). The van der Waals surface area contributed by atoms with Crippen LogP contribution < -0.4 is 10.1 Å². The van der Waals surface area contributed by atoms with Gasteiger partial charge in [0.2, 0.25) is 11.8 Å². The number of carbonyl (C=O) groups is 4. The molecular weight excluding hydrogens is 502 g/mol. The van der Waals surface area contributed by atoms with Gasteiger partial charge in [0.25, 0.3) is 5.91 Å². The number of hydrogen-bond donors (Lipinski definition) is 2. The number of likely N-dealkylation sites (tertiary alicyclic amines) is 2. The highest BCUT2D eigenvalue weighted by atomic mass is 16.6. The molecule has 0 bridgehead atoms. The lowest BCUT2D eigenvalue weighted by Crippen LogP contribution is -2.55. The first-order chi connectivity index (χ1) is 18.4. The zero-order valence-corrected chi connectivity index (χ0v) is 23.8. The Morgan fingerprint density at radius 1 is 1.05 bits per heavy atom. The summed E-state index contributed by atoms with van der Waals surface area (Å²) in [6.07, 6.45) is 2.37. The summed E-state index contributed by atoms with van der Waals surface area (Å²) in [4.78, 5) is 55.8. The number of ether oxygens (including phenoxy) is 2. The lowest BCUT2D eigenvalue weighted by atomic mass is 10.0. The van der Waals surface area contributed by atoms with Crippen molar-refractivity contribution in [3.63, 3.8) is 0 Å². The fourth-order valence-electron chi connectivity index (χ4n) is 5.00. The monoisotopic (exact) mass is 545 g/mol. The van der Waals surface area contributed by atoms with Crippen LogP contribution in [0.1, 0.15) is 77.1 Å². The number of nitrogens with one attached hydrogen (secondary N) is 1. The molecular formula is C29H43N3O7. The van der Waals surface area contributed by atoms with Crippen LogP contribution in [-0.4, -0.2) is 88.6 Å². The van der Waals surface area contributed by atoms with Crippen LogP contribution >= 0.6 is 0 Å². The van der Waals surface area contributed by atoms with E-state index in [-0.39, 0.29) is 35.7 Å². The maximum Gasteiger partial charge on any atom is 0.344 e. The summed E-state index contributed by atoms with van der Waals surface area (Å²) in [6.45, 7) is 10.3. The molecule has 0 aliphatic carbocycles. The van der Waals surface area contributed by atoms with Gasteiger partial charge in [-0.25, -0.2) is 4.79 Å². The maximum absolute atomic E-state index is 13.7. The van der Waals surface area contributed by atoms with Crippen LogP contribution in [0.3, 0.4) is 0 Å². The van der Waals surface area contributed by atoms with Crippen LogP contribution in [0, 0.1) is 5.92 Å². The predicted octanol–water partition coefficient (Wildman–Crippen LogP) is 2.53. The van der Waals surface area contributed by atoms with Crippen LogP contribution in [0.25, 0.3) is 0 Å². The Balaban J connectivity index is 1.71. The van der Waals surface area contributed by atoms with Crippen molar-refractivity contribution < 1.29 is 33.8 Å². The SMILES string of the molecule is CC(C)C[C@@H](NC(=O)c1ccccc1OCC(=O)OC(C)(C)C)C(=O)N1CCC[C@@H]1C(=O)N1CCC(O)CC1. The lowest BCUT2D eigenvalue weighted by Gasteiger charge is -2.35. The number of aliphatic hydroxyl groups excluding tert-OH is 1. The Hall–Kier alpha value is -3.14. The highest BCUT2D eigenvalue weighted by molar-refractivity contribution is 6.00. The lowest BCUT2D eigenvalue weighted by molar-refractivity contribution is -0.157. The fraction of sp³-hybridized carbons (Fsp3) is 0.655. The molecule has 1 aromatic carbocycles. The van der Waals surface area contributed by atoms with Crippen molar-refractivity contribution in [3.05, 3.63) is 29.8 Å². The molecule has 10 heteroatoms. The molecule has 10 nitrogen and oxygen atoms in total. The van der Waals surface area contributed by atoms with E-state index in [1.807, 2.05) is 13.8 Å². The summed E-state index contributed by atoms with van der Waals surface area (Å²) in [5, 5.41) is 12.7. The van der Waals surface area contributed by atoms with Crippen molar-refractivity contribution in [1.29, 1.82) is 0 Å². The molecule has 1 aromatic rings. The van der Waals surface area contributed by atoms with E-state index in [0.717, 1.165) is 0 Å². The molecule has 2 heterocycles. The van der Waals surface area contributed by atoms with E-state index in [0.29, 0.717) is 51.7 Å². The third kappa shape index (κ3) is 8.68. The van der Waals surface area contributed by atoms with Crippen LogP contribution in [0.5, 0.6) is 5.75 Å². The Kier molecular flexibility index (Phi) is 10.4. The average molecular weight is 546 g/mol. The summed E-state index contributed by atoms with van der Waals surface area (Å²) in [6, 6.07) is 5.14. The van der Waals surface area contributed by atoms with Crippen LogP contribution in [0.2, 0.25) is 0 Å². The largest absolute Gasteiger partial charge is 0.481 e. The zero-order valence-electron chi connectivity index (χ0n) is 23.8. The van der Waals surface area contributed by atoms with Crippen LogP contribution in [0.15, 0.2) is 24.3 Å². The molecule has 0 aromatic heterocycles. The number of carbonyl (C=O) groups excluding carboxylic acids is 4. The summed E-state index contributed by atoms with van der Waals surface area (Å²) in [7, 11) is 0. The van der Waals surface area contributed by atoms with Crippen LogP contribution in [0.4, 0.5) is 0 Å². The van der Waals surface area contributed by atoms with Crippen molar-refractivity contribution in [2.45, 2.75) is 90.5 Å². The first kappa shape index (κ1) is 30.4. The molecule has 2 N–H and O–H groups in total. The van der Waals surface area contributed by atoms with E-state index in [4.69, 9.17) is 9.47 Å². The van der Waals surface area contributed by atoms with E-state index < -0.39 is 35.7 Å². The number of nitrogens with zero attached hydrogens (tertiary/aromatic N) is 2. The quantitative estimate of drug-likeness (QED) is 0.457. The molecule has 2 fully saturated rings. The number of aliphatic hydroxyl groups is 1. The van der Waals surface area contributed by atoms with E-state index in [1.54, 1.807) is 54.8 Å². The van der Waals surface area contributed by atoms with Gasteiger partial charge in [0.15, 0.2) is 6.61 Å². The first-order valence-electron chi connectivity index (χ1n) is 13.9. The molecule has 216 valence electrons. The summed E-state index contributed by atoms with van der Waals surface area (Å²) in [5.41, 5.74) is -0.463. The molecule has 39 heavy (non-hydrogen) atoms.